The minimum Gasteiger partial charge on any atom is -0.378 e. The molecule has 1 saturated carbocycles. The zero-order valence-electron chi connectivity index (χ0n) is 17.8. The zero-order chi connectivity index (χ0) is 22.0. The fourth-order valence-electron chi connectivity index (χ4n) is 5.01. The van der Waals surface area contributed by atoms with Gasteiger partial charge in [0.1, 0.15) is 0 Å². The number of rotatable bonds is 3. The maximum absolute atomic E-state index is 12.6. The van der Waals surface area contributed by atoms with Gasteiger partial charge in [0.25, 0.3) is 0 Å². The fraction of sp³-hybridized carbons (Fsp3) is 0.762. The number of piperazine rings is 1. The summed E-state index contributed by atoms with van der Waals surface area (Å²) >= 11 is 0. The van der Waals surface area contributed by atoms with Crippen molar-refractivity contribution in [3.63, 3.8) is 0 Å². The number of carbonyl (C=O) groups excluding carboxylic acids is 5. The highest BCUT2D eigenvalue weighted by atomic mass is 16.5. The maximum atomic E-state index is 12.6. The van der Waals surface area contributed by atoms with Gasteiger partial charge < -0.3 is 19.4 Å². The zero-order valence-corrected chi connectivity index (χ0v) is 17.8. The van der Waals surface area contributed by atoms with E-state index in [2.05, 4.69) is 0 Å². The molecule has 0 bridgehead atoms. The van der Waals surface area contributed by atoms with E-state index in [1.165, 1.54) is 14.7 Å². The topological polar surface area (TPSA) is 108 Å². The van der Waals surface area contributed by atoms with Crippen LogP contribution in [0.4, 0.5) is 0 Å². The van der Waals surface area contributed by atoms with Gasteiger partial charge in [-0.1, -0.05) is 12.8 Å². The van der Waals surface area contributed by atoms with Gasteiger partial charge in [0.15, 0.2) is 0 Å². The highest BCUT2D eigenvalue weighted by molar-refractivity contribution is 6.34. The molecular weight excluding hydrogens is 404 g/mol. The summed E-state index contributed by atoms with van der Waals surface area (Å²) in [6, 6.07) is 0. The molecule has 5 amide bonds. The lowest BCUT2D eigenvalue weighted by Gasteiger charge is -2.36. The van der Waals surface area contributed by atoms with Crippen LogP contribution in [0.3, 0.4) is 0 Å². The summed E-state index contributed by atoms with van der Waals surface area (Å²) in [6.45, 7) is 3.10. The van der Waals surface area contributed by atoms with E-state index < -0.39 is 11.8 Å². The first-order valence-electron chi connectivity index (χ1n) is 11.3. The van der Waals surface area contributed by atoms with Crippen LogP contribution in [0.25, 0.3) is 0 Å². The quantitative estimate of drug-likeness (QED) is 0.420. The summed E-state index contributed by atoms with van der Waals surface area (Å²) in [7, 11) is 0. The number of fused-ring (bicyclic) bond motifs is 1. The molecule has 1 aliphatic carbocycles. The third kappa shape index (κ3) is 4.44. The minimum atomic E-state index is -0.537. The second-order valence-corrected chi connectivity index (χ2v) is 8.65. The highest BCUT2D eigenvalue weighted by Crippen LogP contribution is 2.38. The summed E-state index contributed by atoms with van der Waals surface area (Å²) in [4.78, 5) is 68.5. The van der Waals surface area contributed by atoms with Gasteiger partial charge in [-0.25, -0.2) is 0 Å². The molecule has 0 N–H and O–H groups in total. The molecule has 0 aromatic rings. The molecule has 0 spiro atoms. The first kappa shape index (κ1) is 21.7. The molecule has 4 fully saturated rings. The molecule has 10 nitrogen and oxygen atoms in total. The van der Waals surface area contributed by atoms with Gasteiger partial charge in [-0.3, -0.25) is 28.9 Å². The van der Waals surface area contributed by atoms with Gasteiger partial charge in [-0.15, -0.1) is 0 Å². The van der Waals surface area contributed by atoms with Crippen LogP contribution in [0.15, 0.2) is 0 Å². The second-order valence-electron chi connectivity index (χ2n) is 8.65. The second kappa shape index (κ2) is 9.33. The van der Waals surface area contributed by atoms with Gasteiger partial charge in [0, 0.05) is 52.2 Å². The Hall–Kier alpha value is -2.49. The third-order valence-electron chi connectivity index (χ3n) is 6.88. The number of nitrogens with zero attached hydrogens (tertiary/aromatic N) is 4. The fourth-order valence-corrected chi connectivity index (χ4v) is 5.01. The molecule has 0 radical (unpaired) electrons. The number of hydrogen-bond acceptors (Lipinski definition) is 6. The average molecular weight is 434 g/mol. The Balaban J connectivity index is 1.23. The Kier molecular flexibility index (Phi) is 6.54. The Morgan fingerprint density at radius 1 is 0.742 bits per heavy atom. The molecule has 2 unspecified atom stereocenters. The largest absolute Gasteiger partial charge is 0.378 e. The molecule has 4 aliphatic rings. The number of likely N-dealkylation sites (tertiary alicyclic amines) is 1. The van der Waals surface area contributed by atoms with Crippen molar-refractivity contribution >= 4 is 29.5 Å². The van der Waals surface area contributed by atoms with E-state index in [1.54, 1.807) is 4.90 Å². The standard InChI is InChI=1S/C21H30N4O6/c26-17(5-6-25-18(27)15-3-1-2-4-16(15)19(25)28)22-7-9-23(10-8-22)20(29)21(30)24-11-13-31-14-12-24/h15-16H,1-14H2. The lowest BCUT2D eigenvalue weighted by atomic mass is 9.81. The lowest BCUT2D eigenvalue weighted by Crippen LogP contribution is -2.55. The van der Waals surface area contributed by atoms with E-state index in [0.717, 1.165) is 25.7 Å². The van der Waals surface area contributed by atoms with Gasteiger partial charge in [-0.05, 0) is 12.8 Å². The summed E-state index contributed by atoms with van der Waals surface area (Å²) in [5, 5.41) is 0. The predicted molar refractivity (Wildman–Crippen MR) is 107 cm³/mol. The van der Waals surface area contributed by atoms with Crippen molar-refractivity contribution in [1.29, 1.82) is 0 Å². The van der Waals surface area contributed by atoms with E-state index in [1.807, 2.05) is 0 Å². The summed E-state index contributed by atoms with van der Waals surface area (Å²) in [5.74, 6) is -1.84. The molecule has 0 aromatic carbocycles. The number of morpholine rings is 1. The maximum Gasteiger partial charge on any atom is 0.312 e. The van der Waals surface area contributed by atoms with Crippen molar-refractivity contribution in [2.75, 3.05) is 59.0 Å². The Morgan fingerprint density at radius 3 is 1.77 bits per heavy atom. The Morgan fingerprint density at radius 2 is 1.23 bits per heavy atom. The van der Waals surface area contributed by atoms with E-state index in [0.29, 0.717) is 52.5 Å². The minimum absolute atomic E-state index is 0.0948. The molecule has 2 atom stereocenters. The van der Waals surface area contributed by atoms with Gasteiger partial charge in [0.2, 0.25) is 17.7 Å². The molecule has 3 heterocycles. The van der Waals surface area contributed by atoms with Crippen LogP contribution < -0.4 is 0 Å². The van der Waals surface area contributed by atoms with E-state index in [-0.39, 0.29) is 42.5 Å². The van der Waals surface area contributed by atoms with Crippen LogP contribution in [0, 0.1) is 11.8 Å². The Bertz CT molecular complexity index is 733. The monoisotopic (exact) mass is 434 g/mol. The molecule has 4 rings (SSSR count). The molecule has 0 aromatic heterocycles. The molecular formula is C21H30N4O6. The Labute approximate surface area is 181 Å². The first-order valence-corrected chi connectivity index (χ1v) is 11.3. The first-order chi connectivity index (χ1) is 15.0. The number of amides is 5. The van der Waals surface area contributed by atoms with Crippen LogP contribution in [-0.4, -0.2) is 108 Å². The van der Waals surface area contributed by atoms with Crippen molar-refractivity contribution in [2.45, 2.75) is 32.1 Å². The van der Waals surface area contributed by atoms with Crippen molar-refractivity contribution in [3.05, 3.63) is 0 Å². The lowest BCUT2D eigenvalue weighted by molar-refractivity contribution is -0.155. The van der Waals surface area contributed by atoms with E-state index in [4.69, 9.17) is 4.74 Å². The van der Waals surface area contributed by atoms with Crippen molar-refractivity contribution < 1.29 is 28.7 Å². The molecule has 170 valence electrons. The van der Waals surface area contributed by atoms with Crippen molar-refractivity contribution in [3.8, 4) is 0 Å². The van der Waals surface area contributed by atoms with Crippen molar-refractivity contribution in [1.82, 2.24) is 19.6 Å². The van der Waals surface area contributed by atoms with Gasteiger partial charge in [0.05, 0.1) is 25.0 Å². The number of carbonyl (C=O) groups is 5. The number of hydrogen-bond donors (Lipinski definition) is 0. The van der Waals surface area contributed by atoms with Gasteiger partial charge >= 0.3 is 11.8 Å². The molecule has 31 heavy (non-hydrogen) atoms. The van der Waals surface area contributed by atoms with Crippen LogP contribution in [0.2, 0.25) is 0 Å². The molecule has 3 aliphatic heterocycles. The normalized spacial score (nSPS) is 26.8. The van der Waals surface area contributed by atoms with E-state index in [9.17, 15) is 24.0 Å². The number of ether oxygens (including phenoxy) is 1. The predicted octanol–water partition coefficient (Wildman–Crippen LogP) is -0.919. The SMILES string of the molecule is O=C(CCN1C(=O)C2CCCCC2C1=O)N1CCN(C(=O)C(=O)N2CCOCC2)CC1. The van der Waals surface area contributed by atoms with Crippen LogP contribution in [-0.2, 0) is 28.7 Å². The van der Waals surface area contributed by atoms with Crippen molar-refractivity contribution in [2.24, 2.45) is 11.8 Å². The number of imide groups is 1. The summed E-state index contributed by atoms with van der Waals surface area (Å²) in [6.07, 6.45) is 3.57. The van der Waals surface area contributed by atoms with Gasteiger partial charge in [-0.2, -0.15) is 0 Å². The molecule has 10 heteroatoms. The highest BCUT2D eigenvalue weighted by Gasteiger charge is 2.48. The van der Waals surface area contributed by atoms with Crippen LogP contribution >= 0.6 is 0 Å². The van der Waals surface area contributed by atoms with Crippen LogP contribution in [0.1, 0.15) is 32.1 Å². The molecule has 3 saturated heterocycles. The third-order valence-corrected chi connectivity index (χ3v) is 6.88. The average Bonchev–Trinajstić information content (AvgIpc) is 3.07. The summed E-state index contributed by atoms with van der Waals surface area (Å²) in [5.41, 5.74) is 0. The summed E-state index contributed by atoms with van der Waals surface area (Å²) < 4.78 is 5.21. The van der Waals surface area contributed by atoms with Crippen LogP contribution in [0.5, 0.6) is 0 Å². The smallest absolute Gasteiger partial charge is 0.312 e. The van der Waals surface area contributed by atoms with E-state index >= 15 is 0 Å².